The Balaban J connectivity index is 1.57. The second-order valence-electron chi connectivity index (χ2n) is 7.04. The van der Waals surface area contributed by atoms with Crippen LogP contribution in [-0.2, 0) is 11.4 Å². The van der Waals surface area contributed by atoms with E-state index in [1.807, 2.05) is 48.5 Å². The fourth-order valence-electron chi connectivity index (χ4n) is 3.18. The molecule has 1 aliphatic heterocycles. The van der Waals surface area contributed by atoms with Crippen LogP contribution in [0.4, 0.5) is 5.69 Å². The monoisotopic (exact) mass is 479 g/mol. The lowest BCUT2D eigenvalue weighted by Gasteiger charge is -2.14. The lowest BCUT2D eigenvalue weighted by molar-refractivity contribution is -0.113. The van der Waals surface area contributed by atoms with Gasteiger partial charge in [-0.2, -0.15) is 0 Å². The summed E-state index contributed by atoms with van der Waals surface area (Å²) in [6.07, 6.45) is 1.78. The topological polar surface area (TPSA) is 46.6 Å². The second kappa shape index (κ2) is 9.69. The summed E-state index contributed by atoms with van der Waals surface area (Å²) in [6, 6.07) is 21.8. The Kier molecular flexibility index (Phi) is 6.74. The van der Waals surface area contributed by atoms with Crippen LogP contribution in [0.5, 0.6) is 5.75 Å². The molecule has 7 heteroatoms. The molecule has 32 heavy (non-hydrogen) atoms. The lowest BCUT2D eigenvalue weighted by Crippen LogP contribution is -2.27. The van der Waals surface area contributed by atoms with Gasteiger partial charge in [-0.3, -0.25) is 14.5 Å². The number of nitrogens with zero attached hydrogens (tertiary/aromatic N) is 1. The van der Waals surface area contributed by atoms with Gasteiger partial charge in [-0.05, 0) is 49.4 Å². The first-order valence-electron chi connectivity index (χ1n) is 9.78. The summed E-state index contributed by atoms with van der Waals surface area (Å²) < 4.78 is 6.43. The summed E-state index contributed by atoms with van der Waals surface area (Å²) in [5, 5.41) is 0.640. The molecule has 1 amide bonds. The number of Topliss-reactive ketones (excluding diaryl/α,β-unsaturated/α-hetero) is 1. The van der Waals surface area contributed by atoms with E-state index < -0.39 is 0 Å². The SMILES string of the molecule is CC(=O)c1ccc(N2C(=O)C(=Cc3ccccc3OCc3ccccc3Cl)SC2=S)cc1. The van der Waals surface area contributed by atoms with E-state index in [-0.39, 0.29) is 11.7 Å². The van der Waals surface area contributed by atoms with Gasteiger partial charge < -0.3 is 4.74 Å². The number of carbonyl (C=O) groups is 2. The van der Waals surface area contributed by atoms with Crippen molar-refractivity contribution in [2.45, 2.75) is 13.5 Å². The number of benzene rings is 3. The molecule has 4 nitrogen and oxygen atoms in total. The Morgan fingerprint density at radius 3 is 2.47 bits per heavy atom. The van der Waals surface area contributed by atoms with Gasteiger partial charge in [-0.1, -0.05) is 72.0 Å². The van der Waals surface area contributed by atoms with Crippen LogP contribution in [0.15, 0.2) is 77.7 Å². The van der Waals surface area contributed by atoms with Crippen molar-refractivity contribution in [2.75, 3.05) is 4.90 Å². The van der Waals surface area contributed by atoms with E-state index in [1.54, 1.807) is 30.3 Å². The van der Waals surface area contributed by atoms with Crippen LogP contribution in [0.2, 0.25) is 5.02 Å². The highest BCUT2D eigenvalue weighted by molar-refractivity contribution is 8.27. The van der Waals surface area contributed by atoms with E-state index in [1.165, 1.54) is 23.6 Å². The predicted octanol–water partition coefficient (Wildman–Crippen LogP) is 6.53. The Labute approximate surface area is 200 Å². The normalized spacial score (nSPS) is 14.8. The standard InChI is InChI=1S/C25H18ClNO3S2/c1-16(28)17-10-12-20(13-11-17)27-24(29)23(32-25(27)31)14-18-6-3-5-9-22(18)30-15-19-7-2-4-8-21(19)26/h2-14H,15H2,1H3. The largest absolute Gasteiger partial charge is 0.488 e. The molecule has 0 N–H and O–H groups in total. The van der Waals surface area contributed by atoms with E-state index in [9.17, 15) is 9.59 Å². The van der Waals surface area contributed by atoms with Crippen LogP contribution < -0.4 is 9.64 Å². The Hall–Kier alpha value is -2.93. The third-order valence-electron chi connectivity index (χ3n) is 4.87. The molecule has 1 heterocycles. The van der Waals surface area contributed by atoms with Gasteiger partial charge in [0.15, 0.2) is 10.1 Å². The molecule has 0 aliphatic carbocycles. The molecule has 0 unspecified atom stereocenters. The highest BCUT2D eigenvalue weighted by Crippen LogP contribution is 2.37. The Morgan fingerprint density at radius 1 is 1.06 bits per heavy atom. The lowest BCUT2D eigenvalue weighted by atomic mass is 10.1. The number of thiocarbonyl (C=S) groups is 1. The van der Waals surface area contributed by atoms with Gasteiger partial charge in [0.25, 0.3) is 5.91 Å². The number of para-hydroxylation sites is 1. The number of rotatable bonds is 6. The van der Waals surface area contributed by atoms with Crippen molar-refractivity contribution in [3.63, 3.8) is 0 Å². The van der Waals surface area contributed by atoms with Gasteiger partial charge in [0.1, 0.15) is 12.4 Å². The molecule has 1 aliphatic rings. The molecule has 0 aromatic heterocycles. The molecule has 3 aromatic rings. The van der Waals surface area contributed by atoms with Crippen molar-refractivity contribution in [3.05, 3.63) is 99.4 Å². The zero-order valence-electron chi connectivity index (χ0n) is 17.1. The minimum absolute atomic E-state index is 0.0322. The molecule has 0 saturated carbocycles. The number of hydrogen-bond donors (Lipinski definition) is 0. The van der Waals surface area contributed by atoms with Gasteiger partial charge in [0, 0.05) is 21.7 Å². The first kappa shape index (κ1) is 22.3. The van der Waals surface area contributed by atoms with Crippen LogP contribution in [0.25, 0.3) is 6.08 Å². The molecule has 160 valence electrons. The Bertz CT molecular complexity index is 1240. The van der Waals surface area contributed by atoms with Crippen LogP contribution in [-0.4, -0.2) is 16.0 Å². The number of carbonyl (C=O) groups excluding carboxylic acids is 2. The smallest absolute Gasteiger partial charge is 0.270 e. The third-order valence-corrected chi connectivity index (χ3v) is 6.54. The number of thioether (sulfide) groups is 1. The van der Waals surface area contributed by atoms with E-state index in [2.05, 4.69) is 0 Å². The summed E-state index contributed by atoms with van der Waals surface area (Å²) in [5.74, 6) is 0.398. The maximum absolute atomic E-state index is 13.1. The molecular weight excluding hydrogens is 462 g/mol. The molecule has 3 aromatic carbocycles. The van der Waals surface area contributed by atoms with Crippen LogP contribution in [0, 0.1) is 0 Å². The zero-order chi connectivity index (χ0) is 22.7. The van der Waals surface area contributed by atoms with E-state index in [0.29, 0.717) is 37.9 Å². The Morgan fingerprint density at radius 2 is 1.75 bits per heavy atom. The summed E-state index contributed by atoms with van der Waals surface area (Å²) >= 11 is 12.9. The maximum Gasteiger partial charge on any atom is 0.270 e. The van der Waals surface area contributed by atoms with Gasteiger partial charge in [-0.15, -0.1) is 0 Å². The quantitative estimate of drug-likeness (QED) is 0.228. The van der Waals surface area contributed by atoms with Gasteiger partial charge >= 0.3 is 0 Å². The summed E-state index contributed by atoms with van der Waals surface area (Å²) in [5.41, 5.74) is 2.86. The number of halogens is 1. The van der Waals surface area contributed by atoms with Gasteiger partial charge in [0.2, 0.25) is 0 Å². The number of ketones is 1. The van der Waals surface area contributed by atoms with Crippen molar-refractivity contribution >= 4 is 63.4 Å². The maximum atomic E-state index is 13.1. The van der Waals surface area contributed by atoms with E-state index >= 15 is 0 Å². The molecule has 1 fully saturated rings. The van der Waals surface area contributed by atoms with Crippen LogP contribution >= 0.6 is 35.6 Å². The number of amides is 1. The fraction of sp³-hybridized carbons (Fsp3) is 0.0800. The van der Waals surface area contributed by atoms with Crippen molar-refractivity contribution in [2.24, 2.45) is 0 Å². The summed E-state index contributed by atoms with van der Waals surface area (Å²) in [4.78, 5) is 26.6. The molecule has 4 rings (SSSR count). The van der Waals surface area contributed by atoms with Gasteiger partial charge in [0.05, 0.1) is 10.6 Å². The van der Waals surface area contributed by atoms with Crippen molar-refractivity contribution < 1.29 is 14.3 Å². The fourth-order valence-corrected chi connectivity index (χ4v) is 4.66. The highest BCUT2D eigenvalue weighted by Gasteiger charge is 2.33. The minimum atomic E-state index is -0.212. The van der Waals surface area contributed by atoms with Crippen molar-refractivity contribution in [1.29, 1.82) is 0 Å². The average Bonchev–Trinajstić information content (AvgIpc) is 3.07. The molecular formula is C25H18ClNO3S2. The second-order valence-corrected chi connectivity index (χ2v) is 9.12. The number of ether oxygens (including phenoxy) is 1. The van der Waals surface area contributed by atoms with E-state index in [0.717, 1.165) is 11.1 Å². The van der Waals surface area contributed by atoms with Gasteiger partial charge in [-0.25, -0.2) is 0 Å². The van der Waals surface area contributed by atoms with Crippen molar-refractivity contribution in [1.82, 2.24) is 0 Å². The van der Waals surface area contributed by atoms with Crippen molar-refractivity contribution in [3.8, 4) is 5.75 Å². The summed E-state index contributed by atoms with van der Waals surface area (Å²) in [6.45, 7) is 1.82. The first-order chi connectivity index (χ1) is 15.4. The van der Waals surface area contributed by atoms with Crippen LogP contribution in [0.1, 0.15) is 28.4 Å². The van der Waals surface area contributed by atoms with E-state index in [4.69, 9.17) is 28.6 Å². The predicted molar refractivity (Wildman–Crippen MR) is 134 cm³/mol. The average molecular weight is 480 g/mol. The third kappa shape index (κ3) is 4.78. The highest BCUT2D eigenvalue weighted by atomic mass is 35.5. The molecule has 1 saturated heterocycles. The zero-order valence-corrected chi connectivity index (χ0v) is 19.5. The minimum Gasteiger partial charge on any atom is -0.488 e. The number of anilines is 1. The molecule has 0 spiro atoms. The molecule has 0 bridgehead atoms. The molecule has 0 atom stereocenters. The summed E-state index contributed by atoms with van der Waals surface area (Å²) in [7, 11) is 0. The number of hydrogen-bond acceptors (Lipinski definition) is 5. The van der Waals surface area contributed by atoms with Crippen LogP contribution in [0.3, 0.4) is 0 Å². The molecule has 0 radical (unpaired) electrons. The first-order valence-corrected chi connectivity index (χ1v) is 11.4.